The van der Waals surface area contributed by atoms with Gasteiger partial charge in [-0.05, 0) is 58.7 Å². The molecule has 13 heteroatoms. The topological polar surface area (TPSA) is 213 Å². The van der Waals surface area contributed by atoms with Gasteiger partial charge >= 0.3 is 0 Å². The van der Waals surface area contributed by atoms with Crippen LogP contribution in [0.5, 0.6) is 28.7 Å². The molecular weight excluding hydrogens is 628 g/mol. The van der Waals surface area contributed by atoms with Crippen molar-refractivity contribution in [3.8, 4) is 40.1 Å². The number of ketones is 2. The smallest absolute Gasteiger partial charge is 0.239 e. The number of rotatable bonds is 4. The second kappa shape index (κ2) is 11.1. The van der Waals surface area contributed by atoms with Crippen LogP contribution in [0.15, 0.2) is 44.8 Å². The number of benzene rings is 2. The van der Waals surface area contributed by atoms with Gasteiger partial charge in [-0.3, -0.25) is 14.4 Å². The summed E-state index contributed by atoms with van der Waals surface area (Å²) in [5, 5.41) is 62.6. The number of ether oxygens (including phenoxy) is 3. The molecule has 6 rings (SSSR count). The Labute approximate surface area is 274 Å². The molecule has 6 N–H and O–H groups in total. The minimum atomic E-state index is -1.82. The number of carbonyl (C=O) groups excluding carboxylic acids is 2. The largest absolute Gasteiger partial charge is 0.507 e. The van der Waals surface area contributed by atoms with Gasteiger partial charge in [0.15, 0.2) is 28.8 Å². The average Bonchev–Trinajstić information content (AvgIpc) is 3.02. The first-order valence-corrected chi connectivity index (χ1v) is 15.6. The molecule has 6 atom stereocenters. The molecule has 1 fully saturated rings. The van der Waals surface area contributed by atoms with Gasteiger partial charge in [0.1, 0.15) is 46.5 Å². The quantitative estimate of drug-likeness (QED) is 0.174. The Balaban J connectivity index is 1.66. The SMILES string of the molecule is CC(C)[C@H]1C2=C(Oc3cc(O)c4c(=O)c(O[C@@H]5O[C@@H](C)[C@H](O)[C@@H](O)[C@H]5O)c(-c5ccc(O)c(O)c5)oc4c31)C(C)(C)C(=O)C(C)(C)C2=O. The van der Waals surface area contributed by atoms with E-state index in [1.165, 1.54) is 19.1 Å². The fourth-order valence-electron chi connectivity index (χ4n) is 7.04. The van der Waals surface area contributed by atoms with Crippen LogP contribution in [0.1, 0.15) is 59.9 Å². The number of phenols is 3. The van der Waals surface area contributed by atoms with Crippen LogP contribution in [0.4, 0.5) is 0 Å². The number of carbonyl (C=O) groups is 2. The molecule has 2 aliphatic heterocycles. The van der Waals surface area contributed by atoms with E-state index in [-0.39, 0.29) is 56.6 Å². The van der Waals surface area contributed by atoms with Crippen molar-refractivity contribution in [2.45, 2.75) is 85.1 Å². The second-order valence-corrected chi connectivity index (χ2v) is 14.1. The number of aromatic hydroxyl groups is 3. The molecule has 0 radical (unpaired) electrons. The first kappa shape index (κ1) is 33.5. The zero-order valence-electron chi connectivity index (χ0n) is 27.4. The second-order valence-electron chi connectivity index (χ2n) is 14.1. The third-order valence-electron chi connectivity index (χ3n) is 9.65. The lowest BCUT2D eigenvalue weighted by atomic mass is 9.59. The number of Topliss-reactive ketones (excluding diaryl/α,β-unsaturated/α-hetero) is 2. The highest BCUT2D eigenvalue weighted by Gasteiger charge is 2.57. The summed E-state index contributed by atoms with van der Waals surface area (Å²) in [6.45, 7) is 11.6. The van der Waals surface area contributed by atoms with Gasteiger partial charge in [-0.15, -0.1) is 0 Å². The van der Waals surface area contributed by atoms with E-state index in [4.69, 9.17) is 18.6 Å². The number of phenolic OH excluding ortho intramolecular Hbond substituents is 3. The van der Waals surface area contributed by atoms with E-state index >= 15 is 0 Å². The molecule has 256 valence electrons. The number of allylic oxidation sites excluding steroid dienone is 2. The molecule has 0 amide bonds. The van der Waals surface area contributed by atoms with Crippen LogP contribution in [0.2, 0.25) is 0 Å². The van der Waals surface area contributed by atoms with E-state index in [0.717, 1.165) is 12.1 Å². The van der Waals surface area contributed by atoms with Crippen LogP contribution >= 0.6 is 0 Å². The van der Waals surface area contributed by atoms with E-state index in [1.54, 1.807) is 27.7 Å². The summed E-state index contributed by atoms with van der Waals surface area (Å²) in [6.07, 6.45) is -7.70. The maximum atomic E-state index is 14.4. The molecular formula is C35H38O13. The molecule has 0 unspecified atom stereocenters. The molecule has 1 aromatic heterocycles. The maximum Gasteiger partial charge on any atom is 0.239 e. The van der Waals surface area contributed by atoms with Crippen LogP contribution in [-0.4, -0.2) is 72.9 Å². The van der Waals surface area contributed by atoms with E-state index in [9.17, 15) is 45.0 Å². The van der Waals surface area contributed by atoms with Crippen LogP contribution in [0, 0.1) is 16.7 Å². The van der Waals surface area contributed by atoms with Gasteiger partial charge in [0.25, 0.3) is 0 Å². The predicted octanol–water partition coefficient (Wildman–Crippen LogP) is 3.37. The third-order valence-corrected chi connectivity index (χ3v) is 9.65. The minimum Gasteiger partial charge on any atom is -0.507 e. The Hall–Kier alpha value is -4.43. The molecule has 0 spiro atoms. The van der Waals surface area contributed by atoms with E-state index in [0.29, 0.717) is 0 Å². The lowest BCUT2D eigenvalue weighted by molar-refractivity contribution is -0.268. The monoisotopic (exact) mass is 666 g/mol. The summed E-state index contributed by atoms with van der Waals surface area (Å²) in [5.41, 5.74) is -3.22. The molecule has 3 aliphatic rings. The highest BCUT2D eigenvalue weighted by atomic mass is 16.7. The number of aliphatic hydroxyl groups is 3. The van der Waals surface area contributed by atoms with Gasteiger partial charge in [-0.2, -0.15) is 0 Å². The molecule has 0 bridgehead atoms. The average molecular weight is 667 g/mol. The summed E-state index contributed by atoms with van der Waals surface area (Å²) in [6, 6.07) is 4.75. The lowest BCUT2D eigenvalue weighted by Gasteiger charge is -2.45. The summed E-state index contributed by atoms with van der Waals surface area (Å²) in [5.74, 6) is -4.23. The Morgan fingerprint density at radius 3 is 2.15 bits per heavy atom. The Kier molecular flexibility index (Phi) is 7.71. The zero-order valence-corrected chi connectivity index (χ0v) is 27.4. The highest BCUT2D eigenvalue weighted by molar-refractivity contribution is 6.20. The van der Waals surface area contributed by atoms with Crippen LogP contribution in [0.25, 0.3) is 22.3 Å². The van der Waals surface area contributed by atoms with Gasteiger partial charge in [0.2, 0.25) is 17.5 Å². The van der Waals surface area contributed by atoms with Gasteiger partial charge in [0, 0.05) is 28.7 Å². The minimum absolute atomic E-state index is 0.0228. The normalized spacial score (nSPS) is 27.9. The lowest BCUT2D eigenvalue weighted by Crippen LogP contribution is -2.58. The Morgan fingerprint density at radius 1 is 0.854 bits per heavy atom. The van der Waals surface area contributed by atoms with Crippen molar-refractivity contribution in [3.63, 3.8) is 0 Å². The van der Waals surface area contributed by atoms with Gasteiger partial charge in [-0.1, -0.05) is 13.8 Å². The number of fused-ring (bicyclic) bond motifs is 3. The molecule has 3 heterocycles. The van der Waals surface area contributed by atoms with E-state index in [1.807, 2.05) is 13.8 Å². The summed E-state index contributed by atoms with van der Waals surface area (Å²) in [4.78, 5) is 42.0. The van der Waals surface area contributed by atoms with Crippen LogP contribution in [-0.2, 0) is 14.3 Å². The number of hydrogen-bond donors (Lipinski definition) is 6. The van der Waals surface area contributed by atoms with E-state index in [2.05, 4.69) is 0 Å². The van der Waals surface area contributed by atoms with Crippen molar-refractivity contribution in [2.75, 3.05) is 0 Å². The first-order valence-electron chi connectivity index (χ1n) is 15.6. The number of aliphatic hydroxyl groups excluding tert-OH is 3. The Morgan fingerprint density at radius 2 is 1.52 bits per heavy atom. The molecule has 1 aliphatic carbocycles. The summed E-state index contributed by atoms with van der Waals surface area (Å²) in [7, 11) is 0. The maximum absolute atomic E-state index is 14.4. The first-order chi connectivity index (χ1) is 22.3. The Bertz CT molecular complexity index is 1970. The predicted molar refractivity (Wildman–Crippen MR) is 169 cm³/mol. The molecule has 1 saturated heterocycles. The van der Waals surface area contributed by atoms with Gasteiger partial charge in [-0.25, -0.2) is 0 Å². The molecule has 3 aromatic rings. The van der Waals surface area contributed by atoms with Crippen molar-refractivity contribution >= 4 is 22.5 Å². The molecule has 0 saturated carbocycles. The summed E-state index contributed by atoms with van der Waals surface area (Å²) >= 11 is 0. The van der Waals surface area contributed by atoms with Crippen molar-refractivity contribution in [1.29, 1.82) is 0 Å². The van der Waals surface area contributed by atoms with Gasteiger partial charge in [0.05, 0.1) is 16.9 Å². The fourth-order valence-corrected chi connectivity index (χ4v) is 7.04. The standard InChI is InChI=1S/C35H38O13/c1-12(2)19-21-18(46-31-22(19)30(43)34(4,5)33(44)35(31,6)7)11-17(38)20-24(40)29(48-32-26(42)25(41)23(39)13(3)45-32)27(47-28(20)21)14-8-9-15(36)16(37)10-14/h8-13,19,23,25-26,32,36-39,41-42H,1-7H3/t13-,19+,23-,25+,26+,32-/m0/s1. The summed E-state index contributed by atoms with van der Waals surface area (Å²) < 4.78 is 24.1. The van der Waals surface area contributed by atoms with Crippen LogP contribution in [0.3, 0.4) is 0 Å². The van der Waals surface area contributed by atoms with Crippen molar-refractivity contribution in [3.05, 3.63) is 51.4 Å². The molecule has 48 heavy (non-hydrogen) atoms. The zero-order chi connectivity index (χ0) is 35.4. The van der Waals surface area contributed by atoms with E-state index < -0.39 is 81.7 Å². The highest BCUT2D eigenvalue weighted by Crippen LogP contribution is 2.57. The number of hydrogen-bond acceptors (Lipinski definition) is 13. The van der Waals surface area contributed by atoms with Crippen molar-refractivity contribution < 1.29 is 58.9 Å². The third kappa shape index (κ3) is 4.71. The molecule has 13 nitrogen and oxygen atoms in total. The van der Waals surface area contributed by atoms with Crippen LogP contribution < -0.4 is 14.9 Å². The van der Waals surface area contributed by atoms with Crippen molar-refractivity contribution in [2.24, 2.45) is 16.7 Å². The molecule has 2 aromatic carbocycles. The fraction of sp³-hybridized carbons (Fsp3) is 0.457. The van der Waals surface area contributed by atoms with Crippen molar-refractivity contribution in [1.82, 2.24) is 0 Å². The van der Waals surface area contributed by atoms with Gasteiger partial charge < -0.3 is 49.3 Å².